The first-order valence-electron chi connectivity index (χ1n) is 5.22. The Balaban J connectivity index is 4.87. The quantitative estimate of drug-likeness (QED) is 0.347. The van der Waals surface area contributed by atoms with Gasteiger partial charge in [-0.25, -0.2) is 4.67 Å². The summed E-state index contributed by atoms with van der Waals surface area (Å²) < 4.78 is 18.2. The molecule has 0 aromatic carbocycles. The fourth-order valence-corrected chi connectivity index (χ4v) is 5.52. The van der Waals surface area contributed by atoms with Crippen molar-refractivity contribution in [3.8, 4) is 0 Å². The molecular formula is C9H18Cl4NO2PS. The van der Waals surface area contributed by atoms with Crippen molar-refractivity contribution < 1.29 is 9.09 Å². The highest BCUT2D eigenvalue weighted by atomic mass is 35.6. The summed E-state index contributed by atoms with van der Waals surface area (Å²) in [4.78, 5) is 0. The fourth-order valence-electron chi connectivity index (χ4n) is 0.798. The number of rotatable bonds is 7. The second kappa shape index (κ2) is 7.61. The molecule has 0 aromatic rings. The van der Waals surface area contributed by atoms with Crippen molar-refractivity contribution in [1.82, 2.24) is 4.67 Å². The van der Waals surface area contributed by atoms with Gasteiger partial charge in [-0.15, -0.1) is 11.6 Å². The summed E-state index contributed by atoms with van der Waals surface area (Å²) >= 11 is 24.3. The topological polar surface area (TPSA) is 29.5 Å². The average molecular weight is 377 g/mol. The van der Waals surface area contributed by atoms with Crippen LogP contribution in [0.2, 0.25) is 0 Å². The van der Waals surface area contributed by atoms with Crippen LogP contribution < -0.4 is 0 Å². The Kier molecular flexibility index (Phi) is 8.31. The number of hydrogen-bond acceptors (Lipinski definition) is 3. The van der Waals surface area contributed by atoms with Crippen LogP contribution in [0.15, 0.2) is 0 Å². The Morgan fingerprint density at radius 2 is 1.78 bits per heavy atom. The third kappa shape index (κ3) is 5.97. The third-order valence-corrected chi connectivity index (χ3v) is 8.88. The molecule has 0 rings (SSSR count). The highest BCUT2D eigenvalue weighted by molar-refractivity contribution is 8.55. The second-order valence-electron chi connectivity index (χ2n) is 4.29. The van der Waals surface area contributed by atoms with Gasteiger partial charge in [0.05, 0.1) is 0 Å². The molecule has 0 heterocycles. The fraction of sp³-hybridized carbons (Fsp3) is 1.00. The number of halogens is 4. The molecule has 0 saturated heterocycles. The number of hydrogen-bond donors (Lipinski definition) is 0. The molecule has 0 aliphatic rings. The summed E-state index contributed by atoms with van der Waals surface area (Å²) in [6.45, 7) is 0.0900. The van der Waals surface area contributed by atoms with E-state index in [1.54, 1.807) is 27.9 Å². The van der Waals surface area contributed by atoms with Crippen LogP contribution in [0.1, 0.15) is 20.3 Å². The lowest BCUT2D eigenvalue weighted by atomic mass is 10.2. The van der Waals surface area contributed by atoms with Gasteiger partial charge in [-0.3, -0.25) is 9.09 Å². The Morgan fingerprint density at radius 1 is 1.28 bits per heavy atom. The van der Waals surface area contributed by atoms with Crippen LogP contribution >= 0.6 is 64.5 Å². The minimum atomic E-state index is -3.10. The highest BCUT2D eigenvalue weighted by Crippen LogP contribution is 2.65. The normalized spacial score (nSPS) is 16.9. The van der Waals surface area contributed by atoms with Crippen LogP contribution in [0.4, 0.5) is 0 Å². The molecule has 0 aliphatic heterocycles. The molecule has 18 heavy (non-hydrogen) atoms. The van der Waals surface area contributed by atoms with E-state index in [9.17, 15) is 4.57 Å². The predicted octanol–water partition coefficient (Wildman–Crippen LogP) is 5.18. The summed E-state index contributed by atoms with van der Waals surface area (Å²) in [5, 5.41) is 0. The maximum absolute atomic E-state index is 12.7. The Morgan fingerprint density at radius 3 is 2.11 bits per heavy atom. The van der Waals surface area contributed by atoms with Crippen LogP contribution in [0, 0.1) is 0 Å². The van der Waals surface area contributed by atoms with Crippen LogP contribution in [0.25, 0.3) is 0 Å². The lowest BCUT2D eigenvalue weighted by molar-refractivity contribution is 0.112. The molecule has 0 unspecified atom stereocenters. The van der Waals surface area contributed by atoms with Crippen molar-refractivity contribution in [2.75, 3.05) is 25.7 Å². The molecule has 0 aromatic heterocycles. The zero-order chi connectivity index (χ0) is 14.6. The van der Waals surface area contributed by atoms with Gasteiger partial charge in [0.2, 0.25) is 3.79 Å². The van der Waals surface area contributed by atoms with E-state index in [1.165, 1.54) is 16.1 Å². The lowest BCUT2D eigenvalue weighted by Gasteiger charge is -2.37. The van der Waals surface area contributed by atoms with E-state index in [0.29, 0.717) is 11.6 Å². The third-order valence-electron chi connectivity index (χ3n) is 2.05. The van der Waals surface area contributed by atoms with Crippen molar-refractivity contribution in [3.05, 3.63) is 0 Å². The van der Waals surface area contributed by atoms with Gasteiger partial charge in [0.25, 0.3) is 0 Å². The predicted molar refractivity (Wildman–Crippen MR) is 84.5 cm³/mol. The Labute approximate surface area is 133 Å². The largest absolute Gasteiger partial charge is 0.329 e. The van der Waals surface area contributed by atoms with Gasteiger partial charge >= 0.3 is 6.72 Å². The molecule has 0 fully saturated rings. The first-order chi connectivity index (χ1) is 7.96. The zero-order valence-corrected chi connectivity index (χ0v) is 15.5. The summed E-state index contributed by atoms with van der Waals surface area (Å²) in [5.41, 5.74) is -1.16. The van der Waals surface area contributed by atoms with E-state index in [2.05, 4.69) is 0 Å². The summed E-state index contributed by atoms with van der Waals surface area (Å²) in [6.07, 6.45) is 0.738. The van der Waals surface area contributed by atoms with Gasteiger partial charge in [-0.1, -0.05) is 46.2 Å². The molecule has 0 N–H and O–H groups in total. The van der Waals surface area contributed by atoms with E-state index in [-0.39, 0.29) is 0 Å². The van der Waals surface area contributed by atoms with Crippen LogP contribution in [0.5, 0.6) is 0 Å². The standard InChI is InChI=1S/C9H18Cl4NO2PS/c1-8(2,9(11,12)13)16-17(15,14(3)4)18-7-5-6-10/h5-7H2,1-4H3/t17-/m1/s1. The van der Waals surface area contributed by atoms with Crippen LogP contribution in [-0.4, -0.2) is 39.8 Å². The molecule has 0 spiro atoms. The van der Waals surface area contributed by atoms with Crippen LogP contribution in [-0.2, 0) is 9.09 Å². The van der Waals surface area contributed by atoms with Crippen molar-refractivity contribution in [1.29, 1.82) is 0 Å². The molecule has 0 radical (unpaired) electrons. The van der Waals surface area contributed by atoms with Gasteiger partial charge in [-0.2, -0.15) is 0 Å². The van der Waals surface area contributed by atoms with E-state index in [1.807, 2.05) is 0 Å². The first kappa shape index (κ1) is 19.7. The second-order valence-corrected chi connectivity index (χ2v) is 11.7. The maximum atomic E-state index is 12.7. The number of alkyl halides is 4. The minimum absolute atomic E-state index is 0.508. The summed E-state index contributed by atoms with van der Waals surface area (Å²) in [5.74, 6) is 1.13. The summed E-state index contributed by atoms with van der Waals surface area (Å²) in [6, 6.07) is 0. The van der Waals surface area contributed by atoms with Crippen molar-refractivity contribution in [2.24, 2.45) is 0 Å². The zero-order valence-electron chi connectivity index (χ0n) is 10.8. The molecule has 1 atom stereocenters. The Hall–Kier alpha value is 1.66. The van der Waals surface area contributed by atoms with Gasteiger partial charge in [0.15, 0.2) is 0 Å². The van der Waals surface area contributed by atoms with Crippen molar-refractivity contribution in [2.45, 2.75) is 29.7 Å². The maximum Gasteiger partial charge on any atom is 0.329 e. The van der Waals surface area contributed by atoms with Gasteiger partial charge in [0.1, 0.15) is 5.60 Å². The minimum Gasteiger partial charge on any atom is -0.299 e. The van der Waals surface area contributed by atoms with Gasteiger partial charge in [0, 0.05) is 11.6 Å². The molecular weight excluding hydrogens is 359 g/mol. The molecule has 0 amide bonds. The Bertz CT molecular complexity index is 309. The van der Waals surface area contributed by atoms with Crippen molar-refractivity contribution >= 4 is 64.5 Å². The summed E-state index contributed by atoms with van der Waals surface area (Å²) in [7, 11) is 3.34. The molecule has 0 aliphatic carbocycles. The monoisotopic (exact) mass is 375 g/mol. The van der Waals surface area contributed by atoms with E-state index in [4.69, 9.17) is 50.9 Å². The molecule has 3 nitrogen and oxygen atoms in total. The lowest BCUT2D eigenvalue weighted by Crippen LogP contribution is -2.39. The molecule has 0 saturated carbocycles. The van der Waals surface area contributed by atoms with E-state index in [0.717, 1.165) is 6.42 Å². The average Bonchev–Trinajstić information content (AvgIpc) is 2.15. The number of nitrogens with zero attached hydrogens (tertiary/aromatic N) is 1. The van der Waals surface area contributed by atoms with E-state index < -0.39 is 16.1 Å². The van der Waals surface area contributed by atoms with Gasteiger partial charge in [-0.05, 0) is 34.4 Å². The van der Waals surface area contributed by atoms with Gasteiger partial charge < -0.3 is 0 Å². The molecule has 110 valence electrons. The first-order valence-corrected chi connectivity index (χ1v) is 10.1. The van der Waals surface area contributed by atoms with Crippen molar-refractivity contribution in [3.63, 3.8) is 0 Å². The molecule has 9 heteroatoms. The van der Waals surface area contributed by atoms with E-state index >= 15 is 0 Å². The highest BCUT2D eigenvalue weighted by Gasteiger charge is 2.47. The molecule has 0 bridgehead atoms. The SMILES string of the molecule is CN(C)[P@@](=O)(OC(C)(C)C(Cl)(Cl)Cl)SCCCCl. The van der Waals surface area contributed by atoms with Crippen LogP contribution in [0.3, 0.4) is 0 Å². The smallest absolute Gasteiger partial charge is 0.299 e.